The van der Waals surface area contributed by atoms with Gasteiger partial charge in [0.15, 0.2) is 11.0 Å². The average molecular weight is 443 g/mol. The fourth-order valence-electron chi connectivity index (χ4n) is 3.26. The van der Waals surface area contributed by atoms with E-state index in [1.165, 1.54) is 11.8 Å². The molecule has 1 unspecified atom stereocenters. The zero-order valence-electron chi connectivity index (χ0n) is 16.8. The minimum Gasteiger partial charge on any atom is -0.360 e. The van der Waals surface area contributed by atoms with Crippen LogP contribution in [0, 0.1) is 6.92 Å². The third-order valence-electron chi connectivity index (χ3n) is 4.66. The van der Waals surface area contributed by atoms with Gasteiger partial charge in [-0.3, -0.25) is 14.2 Å². The molecule has 0 bridgehead atoms. The van der Waals surface area contributed by atoms with Gasteiger partial charge < -0.3 is 9.84 Å². The van der Waals surface area contributed by atoms with Crippen LogP contribution in [0.2, 0.25) is 0 Å². The summed E-state index contributed by atoms with van der Waals surface area (Å²) in [6.45, 7) is 4.38. The summed E-state index contributed by atoms with van der Waals surface area (Å²) in [4.78, 5) is 31.0. The first-order valence-electron chi connectivity index (χ1n) is 9.70. The van der Waals surface area contributed by atoms with Crippen molar-refractivity contribution in [2.45, 2.75) is 48.5 Å². The zero-order valence-corrected chi connectivity index (χ0v) is 18.4. The molecule has 30 heavy (non-hydrogen) atoms. The molecule has 0 saturated carbocycles. The molecule has 1 amide bonds. The molecule has 0 radical (unpaired) electrons. The number of nitrogens with one attached hydrogen (secondary N) is 1. The third-order valence-corrected chi connectivity index (χ3v) is 6.85. The molecular formula is C21H22N4O3S2. The van der Waals surface area contributed by atoms with Crippen LogP contribution in [-0.2, 0) is 24.2 Å². The number of hydrogen-bond acceptors (Lipinski definition) is 7. The average Bonchev–Trinajstić information content (AvgIpc) is 3.31. The van der Waals surface area contributed by atoms with E-state index >= 15 is 0 Å². The normalized spacial score (nSPS) is 15.2. The Balaban J connectivity index is 1.53. The molecule has 9 heteroatoms. The molecule has 0 saturated heterocycles. The van der Waals surface area contributed by atoms with Gasteiger partial charge in [0.2, 0.25) is 5.91 Å². The minimum absolute atomic E-state index is 0.0136. The number of rotatable bonds is 7. The molecular weight excluding hydrogens is 420 g/mol. The zero-order chi connectivity index (χ0) is 21.1. The molecule has 3 aromatic rings. The molecule has 0 aliphatic carbocycles. The number of benzene rings is 1. The van der Waals surface area contributed by atoms with E-state index < -0.39 is 0 Å². The number of amides is 1. The van der Waals surface area contributed by atoms with Gasteiger partial charge in [0.25, 0.3) is 5.56 Å². The summed E-state index contributed by atoms with van der Waals surface area (Å²) in [5, 5.41) is 7.39. The summed E-state index contributed by atoms with van der Waals surface area (Å²) < 4.78 is 6.67. The second kappa shape index (κ2) is 9.09. The largest absolute Gasteiger partial charge is 0.360 e. The first-order valence-corrected chi connectivity index (χ1v) is 11.6. The Kier molecular flexibility index (Phi) is 6.29. The van der Waals surface area contributed by atoms with Crippen LogP contribution in [0.1, 0.15) is 23.9 Å². The fourth-order valence-corrected chi connectivity index (χ4v) is 5.22. The highest BCUT2D eigenvalue weighted by Gasteiger charge is 2.26. The number of nitrogens with zero attached hydrogens (tertiary/aromatic N) is 3. The Bertz CT molecular complexity index is 1110. The highest BCUT2D eigenvalue weighted by molar-refractivity contribution is 8.00. The van der Waals surface area contributed by atoms with Gasteiger partial charge in [-0.2, -0.15) is 0 Å². The number of aromatic nitrogens is 3. The lowest BCUT2D eigenvalue weighted by Gasteiger charge is -2.13. The van der Waals surface area contributed by atoms with Crippen molar-refractivity contribution in [2.75, 3.05) is 11.1 Å². The number of carbonyl (C=O) groups excluding carboxylic acids is 1. The van der Waals surface area contributed by atoms with E-state index in [4.69, 9.17) is 9.51 Å². The standard InChI is InChI=1S/C21H22N4O3S2/c1-13-10-17(24-28-13)23-18(26)12-29-21-22-16-11-14(2)30-19(16)20(27)25(21)9-8-15-6-4-3-5-7-15/h3-7,10,14H,8-9,11-12H2,1-2H3,(H,23,24,26). The van der Waals surface area contributed by atoms with Crippen LogP contribution in [0.5, 0.6) is 0 Å². The molecule has 1 N–H and O–H groups in total. The number of thioether (sulfide) groups is 2. The van der Waals surface area contributed by atoms with E-state index in [2.05, 4.69) is 17.4 Å². The predicted molar refractivity (Wildman–Crippen MR) is 118 cm³/mol. The van der Waals surface area contributed by atoms with E-state index in [1.807, 2.05) is 30.3 Å². The molecule has 1 aliphatic heterocycles. The molecule has 4 rings (SSSR count). The summed E-state index contributed by atoms with van der Waals surface area (Å²) in [7, 11) is 0. The third kappa shape index (κ3) is 4.79. The van der Waals surface area contributed by atoms with Crippen molar-refractivity contribution >= 4 is 35.2 Å². The summed E-state index contributed by atoms with van der Waals surface area (Å²) in [5.41, 5.74) is 1.98. The second-order valence-electron chi connectivity index (χ2n) is 7.15. The van der Waals surface area contributed by atoms with Gasteiger partial charge in [0.1, 0.15) is 5.76 Å². The SMILES string of the molecule is Cc1cc(NC(=O)CSc2nc3c(c(=O)n2CCc2ccccc2)SC(C)C3)no1. The monoisotopic (exact) mass is 442 g/mol. The van der Waals surface area contributed by atoms with Crippen molar-refractivity contribution in [3.8, 4) is 0 Å². The Morgan fingerprint density at radius 2 is 2.17 bits per heavy atom. The van der Waals surface area contributed by atoms with Crippen LogP contribution < -0.4 is 10.9 Å². The molecule has 3 heterocycles. The van der Waals surface area contributed by atoms with Crippen molar-refractivity contribution in [1.82, 2.24) is 14.7 Å². The van der Waals surface area contributed by atoms with Gasteiger partial charge >= 0.3 is 0 Å². The van der Waals surface area contributed by atoms with Crippen molar-refractivity contribution in [2.24, 2.45) is 0 Å². The smallest absolute Gasteiger partial charge is 0.268 e. The van der Waals surface area contributed by atoms with Crippen LogP contribution in [0.15, 0.2) is 55.8 Å². The molecule has 1 aliphatic rings. The second-order valence-corrected chi connectivity index (χ2v) is 9.55. The van der Waals surface area contributed by atoms with Crippen molar-refractivity contribution in [3.63, 3.8) is 0 Å². The van der Waals surface area contributed by atoms with E-state index in [-0.39, 0.29) is 17.2 Å². The van der Waals surface area contributed by atoms with Gasteiger partial charge in [-0.25, -0.2) is 4.98 Å². The number of anilines is 1. The van der Waals surface area contributed by atoms with Crippen molar-refractivity contribution < 1.29 is 9.32 Å². The van der Waals surface area contributed by atoms with Gasteiger partial charge in [-0.15, -0.1) is 11.8 Å². The van der Waals surface area contributed by atoms with Crippen LogP contribution in [-0.4, -0.2) is 31.6 Å². The van der Waals surface area contributed by atoms with Crippen LogP contribution >= 0.6 is 23.5 Å². The summed E-state index contributed by atoms with van der Waals surface area (Å²) in [6.07, 6.45) is 1.49. The van der Waals surface area contributed by atoms with Gasteiger partial charge in [-0.05, 0) is 18.9 Å². The van der Waals surface area contributed by atoms with Gasteiger partial charge in [0.05, 0.1) is 16.3 Å². The van der Waals surface area contributed by atoms with Crippen LogP contribution in [0.25, 0.3) is 0 Å². The highest BCUT2D eigenvalue weighted by atomic mass is 32.2. The quantitative estimate of drug-likeness (QED) is 0.442. The summed E-state index contributed by atoms with van der Waals surface area (Å²) >= 11 is 2.86. The summed E-state index contributed by atoms with van der Waals surface area (Å²) in [6, 6.07) is 11.7. The molecule has 1 aromatic carbocycles. The van der Waals surface area contributed by atoms with Crippen molar-refractivity contribution in [1.29, 1.82) is 0 Å². The maximum atomic E-state index is 13.2. The number of hydrogen-bond donors (Lipinski definition) is 1. The Labute approximate surface area is 182 Å². The molecule has 1 atom stereocenters. The maximum Gasteiger partial charge on any atom is 0.268 e. The Hall–Kier alpha value is -2.52. The lowest BCUT2D eigenvalue weighted by atomic mass is 10.1. The molecule has 2 aromatic heterocycles. The van der Waals surface area contributed by atoms with E-state index in [1.54, 1.807) is 29.3 Å². The first kappa shape index (κ1) is 20.7. The fraction of sp³-hybridized carbons (Fsp3) is 0.333. The van der Waals surface area contributed by atoms with Crippen molar-refractivity contribution in [3.05, 3.63) is 63.8 Å². The molecule has 0 fully saturated rings. The van der Waals surface area contributed by atoms with Crippen LogP contribution in [0.3, 0.4) is 0 Å². The van der Waals surface area contributed by atoms with E-state index in [0.717, 1.165) is 29.0 Å². The summed E-state index contributed by atoms with van der Waals surface area (Å²) in [5.74, 6) is 0.914. The topological polar surface area (TPSA) is 90.0 Å². The van der Waals surface area contributed by atoms with E-state index in [9.17, 15) is 9.59 Å². The number of aryl methyl sites for hydroxylation is 2. The minimum atomic E-state index is -0.222. The first-order chi connectivity index (χ1) is 14.5. The lowest BCUT2D eigenvalue weighted by molar-refractivity contribution is -0.113. The van der Waals surface area contributed by atoms with Gasteiger partial charge in [-0.1, -0.05) is 54.2 Å². The molecule has 0 spiro atoms. The Morgan fingerprint density at radius 3 is 2.90 bits per heavy atom. The highest BCUT2D eigenvalue weighted by Crippen LogP contribution is 2.34. The predicted octanol–water partition coefficient (Wildman–Crippen LogP) is 3.55. The number of fused-ring (bicyclic) bond motifs is 1. The van der Waals surface area contributed by atoms with Crippen LogP contribution in [0.4, 0.5) is 5.82 Å². The maximum absolute atomic E-state index is 13.2. The Morgan fingerprint density at radius 1 is 1.37 bits per heavy atom. The molecule has 7 nitrogen and oxygen atoms in total. The molecule has 156 valence electrons. The van der Waals surface area contributed by atoms with E-state index in [0.29, 0.717) is 28.5 Å². The van der Waals surface area contributed by atoms with Gasteiger partial charge in [0, 0.05) is 24.3 Å². The lowest BCUT2D eigenvalue weighted by Crippen LogP contribution is -2.27. The number of carbonyl (C=O) groups is 1.